The zero-order valence-electron chi connectivity index (χ0n) is 18.8. The van der Waals surface area contributed by atoms with Crippen molar-refractivity contribution in [2.75, 3.05) is 32.2 Å². The van der Waals surface area contributed by atoms with Crippen LogP contribution in [-0.2, 0) is 27.5 Å². The Kier molecular flexibility index (Phi) is 6.87. The Balaban J connectivity index is 1.37. The SMILES string of the molecule is Nc1nc(F)nc2c1nc(Cc1cc3c(cc1I)OCO3)n2CC#CCN1CCC(OS(N)(=O)=O)C1. The van der Waals surface area contributed by atoms with Crippen molar-refractivity contribution in [3.8, 4) is 23.3 Å². The summed E-state index contributed by atoms with van der Waals surface area (Å²) in [4.78, 5) is 14.1. The maximum atomic E-state index is 14.0. The fourth-order valence-electron chi connectivity index (χ4n) is 4.12. The Labute approximate surface area is 219 Å². The number of nitrogens with two attached hydrogens (primary N) is 2. The largest absolute Gasteiger partial charge is 0.454 e. The Morgan fingerprint density at radius 2 is 1.94 bits per heavy atom. The number of aromatic nitrogens is 4. The molecule has 1 aromatic carbocycles. The molecule has 5 rings (SSSR count). The van der Waals surface area contributed by atoms with Gasteiger partial charge in [-0.15, -0.1) is 0 Å². The molecule has 36 heavy (non-hydrogen) atoms. The van der Waals surface area contributed by atoms with Crippen LogP contribution >= 0.6 is 22.6 Å². The molecule has 0 saturated carbocycles. The first kappa shape index (κ1) is 24.9. The molecular weight excluding hydrogens is 608 g/mol. The molecule has 0 amide bonds. The highest BCUT2D eigenvalue weighted by Crippen LogP contribution is 2.36. The number of benzene rings is 1. The molecule has 0 spiro atoms. The average Bonchev–Trinajstić information content (AvgIpc) is 3.50. The summed E-state index contributed by atoms with van der Waals surface area (Å²) in [6, 6.07) is 3.78. The molecule has 1 saturated heterocycles. The minimum Gasteiger partial charge on any atom is -0.454 e. The van der Waals surface area contributed by atoms with Gasteiger partial charge in [-0.05, 0) is 46.7 Å². The fraction of sp³-hybridized carbons (Fsp3) is 0.381. The average molecular weight is 629 g/mol. The van der Waals surface area contributed by atoms with Gasteiger partial charge in [-0.25, -0.2) is 10.1 Å². The van der Waals surface area contributed by atoms with Gasteiger partial charge in [0.05, 0.1) is 19.2 Å². The van der Waals surface area contributed by atoms with Crippen LogP contribution in [0.15, 0.2) is 12.1 Å². The van der Waals surface area contributed by atoms with Crippen LogP contribution in [0.25, 0.3) is 11.2 Å². The monoisotopic (exact) mass is 629 g/mol. The lowest BCUT2D eigenvalue weighted by Crippen LogP contribution is -2.28. The normalized spacial score (nSPS) is 17.5. The van der Waals surface area contributed by atoms with E-state index in [9.17, 15) is 12.8 Å². The number of hydrogen-bond donors (Lipinski definition) is 2. The summed E-state index contributed by atoms with van der Waals surface area (Å²) >= 11 is 2.21. The van der Waals surface area contributed by atoms with Crippen LogP contribution in [0.3, 0.4) is 0 Å². The van der Waals surface area contributed by atoms with Gasteiger partial charge < -0.3 is 19.8 Å². The second-order valence-electron chi connectivity index (χ2n) is 8.23. The smallest absolute Gasteiger partial charge is 0.333 e. The molecule has 4 heterocycles. The van der Waals surface area contributed by atoms with Crippen molar-refractivity contribution < 1.29 is 26.5 Å². The van der Waals surface area contributed by atoms with E-state index in [2.05, 4.69) is 49.4 Å². The van der Waals surface area contributed by atoms with Crippen molar-refractivity contribution in [2.24, 2.45) is 5.14 Å². The van der Waals surface area contributed by atoms with Crippen molar-refractivity contribution in [2.45, 2.75) is 25.5 Å². The van der Waals surface area contributed by atoms with Crippen LogP contribution in [0.5, 0.6) is 11.5 Å². The topological polar surface area (TPSA) is 161 Å². The summed E-state index contributed by atoms with van der Waals surface area (Å²) in [5, 5.41) is 4.94. The predicted molar refractivity (Wildman–Crippen MR) is 135 cm³/mol. The predicted octanol–water partition coefficient (Wildman–Crippen LogP) is 0.769. The molecule has 0 radical (unpaired) electrons. The number of halogens is 2. The molecule has 1 atom stereocenters. The molecule has 0 aliphatic carbocycles. The number of nitrogen functional groups attached to an aromatic ring is 1. The first-order valence-electron chi connectivity index (χ1n) is 10.8. The molecule has 1 unspecified atom stereocenters. The van der Waals surface area contributed by atoms with Crippen LogP contribution < -0.4 is 20.3 Å². The van der Waals surface area contributed by atoms with Gasteiger partial charge in [0, 0.05) is 23.1 Å². The molecule has 1 fully saturated rings. The molecule has 2 aliphatic heterocycles. The summed E-state index contributed by atoms with van der Waals surface area (Å²) in [6.07, 6.45) is -0.501. The first-order chi connectivity index (χ1) is 17.2. The highest BCUT2D eigenvalue weighted by Gasteiger charge is 2.26. The van der Waals surface area contributed by atoms with Crippen molar-refractivity contribution in [3.63, 3.8) is 0 Å². The third-order valence-electron chi connectivity index (χ3n) is 5.73. The maximum Gasteiger partial charge on any atom is 0.333 e. The molecule has 4 N–H and O–H groups in total. The van der Waals surface area contributed by atoms with E-state index in [1.165, 1.54) is 0 Å². The number of fused-ring (bicyclic) bond motifs is 2. The van der Waals surface area contributed by atoms with E-state index in [1.807, 2.05) is 17.0 Å². The lowest BCUT2D eigenvalue weighted by Gasteiger charge is -2.12. The number of ether oxygens (including phenoxy) is 2. The van der Waals surface area contributed by atoms with Gasteiger partial charge in [-0.1, -0.05) is 11.8 Å². The van der Waals surface area contributed by atoms with E-state index in [-0.39, 0.29) is 24.8 Å². The van der Waals surface area contributed by atoms with Crippen LogP contribution in [0.1, 0.15) is 17.8 Å². The van der Waals surface area contributed by atoms with Crippen LogP contribution in [0, 0.1) is 21.5 Å². The Morgan fingerprint density at radius 3 is 2.72 bits per heavy atom. The number of anilines is 1. The van der Waals surface area contributed by atoms with Crippen molar-refractivity contribution in [3.05, 3.63) is 33.2 Å². The van der Waals surface area contributed by atoms with E-state index in [4.69, 9.17) is 24.5 Å². The molecule has 2 aromatic heterocycles. The van der Waals surface area contributed by atoms with Gasteiger partial charge in [0.1, 0.15) is 5.82 Å². The van der Waals surface area contributed by atoms with E-state index < -0.39 is 22.5 Å². The van der Waals surface area contributed by atoms with Crippen molar-refractivity contribution in [1.82, 2.24) is 24.4 Å². The summed E-state index contributed by atoms with van der Waals surface area (Å²) in [5.74, 6) is 7.99. The molecule has 0 bridgehead atoms. The zero-order chi connectivity index (χ0) is 25.4. The number of hydrogen-bond acceptors (Lipinski definition) is 10. The van der Waals surface area contributed by atoms with E-state index in [1.54, 1.807) is 4.57 Å². The third-order valence-corrected chi connectivity index (χ3v) is 7.27. The maximum absolute atomic E-state index is 14.0. The molecule has 190 valence electrons. The van der Waals surface area contributed by atoms with Crippen LogP contribution in [0.2, 0.25) is 0 Å². The highest BCUT2D eigenvalue weighted by molar-refractivity contribution is 14.1. The molecular formula is C21H21FIN7O5S. The van der Waals surface area contributed by atoms with Gasteiger partial charge in [0.2, 0.25) is 6.79 Å². The molecule has 15 heteroatoms. The summed E-state index contributed by atoms with van der Waals surface area (Å²) in [7, 11) is -3.99. The zero-order valence-corrected chi connectivity index (χ0v) is 21.8. The second kappa shape index (κ2) is 9.94. The summed E-state index contributed by atoms with van der Waals surface area (Å²) in [6.45, 7) is 1.79. The lowest BCUT2D eigenvalue weighted by atomic mass is 10.1. The number of rotatable bonds is 6. The number of imidazole rings is 1. The number of likely N-dealkylation sites (tertiary alicyclic amines) is 1. The summed E-state index contributed by atoms with van der Waals surface area (Å²) < 4.78 is 54.7. The van der Waals surface area contributed by atoms with E-state index in [0.29, 0.717) is 55.3 Å². The van der Waals surface area contributed by atoms with Gasteiger partial charge in [0.25, 0.3) is 0 Å². The molecule has 3 aromatic rings. The van der Waals surface area contributed by atoms with E-state index in [0.717, 1.165) is 9.13 Å². The quantitative estimate of drug-likeness (QED) is 0.227. The minimum atomic E-state index is -3.99. The lowest BCUT2D eigenvalue weighted by molar-refractivity contribution is 0.174. The van der Waals surface area contributed by atoms with Crippen molar-refractivity contribution >= 4 is 49.9 Å². The van der Waals surface area contributed by atoms with Gasteiger partial charge >= 0.3 is 16.4 Å². The molecule has 12 nitrogen and oxygen atoms in total. The Bertz CT molecular complexity index is 1500. The minimum absolute atomic E-state index is 0.0520. The third kappa shape index (κ3) is 5.47. The van der Waals surface area contributed by atoms with Gasteiger partial charge in [0.15, 0.2) is 28.5 Å². The number of nitrogens with zero attached hydrogens (tertiary/aromatic N) is 5. The van der Waals surface area contributed by atoms with Gasteiger partial charge in [-0.3, -0.25) is 9.08 Å². The second-order valence-corrected chi connectivity index (χ2v) is 10.6. The Morgan fingerprint density at radius 1 is 1.19 bits per heavy atom. The highest BCUT2D eigenvalue weighted by atomic mass is 127. The standard InChI is InChI=1S/C21H21FIN7O5S/c22-21-27-19(24)18-20(28-21)30(5-2-1-4-29-6-3-13(10-29)35-36(25,31)32)17(26-18)8-12-7-15-16(9-14(12)23)34-11-33-15/h7,9,13H,3-6,8,10-11H2,(H2,24,27,28)(H2,25,31,32). The first-order valence-corrected chi connectivity index (χ1v) is 13.4. The van der Waals surface area contributed by atoms with Crippen molar-refractivity contribution in [1.29, 1.82) is 0 Å². The fourth-order valence-corrected chi connectivity index (χ4v) is 5.28. The van der Waals surface area contributed by atoms with Crippen LogP contribution in [-0.4, -0.2) is 65.4 Å². The summed E-state index contributed by atoms with van der Waals surface area (Å²) in [5.41, 5.74) is 7.41. The van der Waals surface area contributed by atoms with Gasteiger partial charge in [-0.2, -0.15) is 22.8 Å². The Hall–Kier alpha value is -2.78. The van der Waals surface area contributed by atoms with Crippen LogP contribution in [0.4, 0.5) is 10.2 Å². The van der Waals surface area contributed by atoms with E-state index >= 15 is 0 Å². The molecule has 2 aliphatic rings.